The van der Waals surface area contributed by atoms with Gasteiger partial charge in [-0.05, 0) is 51.4 Å². The second kappa shape index (κ2) is 17.1. The average molecular weight is 461 g/mol. The summed E-state index contributed by atoms with van der Waals surface area (Å²) in [6, 6.07) is 0. The molecule has 0 aliphatic heterocycles. The fraction of sp³-hybridized carbons (Fsp3) is 0.840. The zero-order valence-electron chi connectivity index (χ0n) is 20.8. The number of hydrogen-bond acceptors (Lipinski definition) is 2. The lowest BCUT2D eigenvalue weighted by molar-refractivity contribution is -0.875. The van der Waals surface area contributed by atoms with Gasteiger partial charge in [-0.25, -0.2) is 0 Å². The van der Waals surface area contributed by atoms with E-state index in [1.165, 1.54) is 70.6 Å². The van der Waals surface area contributed by atoms with Gasteiger partial charge in [-0.1, -0.05) is 76.2 Å². The maximum atomic E-state index is 11.7. The molecule has 5 nitrogen and oxygen atoms in total. The van der Waals surface area contributed by atoms with Gasteiger partial charge in [0, 0.05) is 0 Å². The molecule has 3 N–H and O–H groups in total. The highest BCUT2D eigenvalue weighted by Gasteiger charge is 2.48. The van der Waals surface area contributed by atoms with Crippen molar-refractivity contribution in [3.63, 3.8) is 0 Å². The minimum absolute atomic E-state index is 0.0263. The second-order valence-corrected chi connectivity index (χ2v) is 11.9. The molecule has 0 aliphatic rings. The average Bonchev–Trinajstić information content (AvgIpc) is 2.65. The van der Waals surface area contributed by atoms with Crippen LogP contribution in [-0.2, 0) is 4.57 Å². The van der Waals surface area contributed by atoms with Crippen molar-refractivity contribution < 1.29 is 23.9 Å². The van der Waals surface area contributed by atoms with Crippen LogP contribution in [0.5, 0.6) is 0 Å². The Morgan fingerprint density at radius 3 is 1.48 bits per heavy atom. The second-order valence-electron chi connectivity index (χ2n) is 10.0. The number of quaternary nitrogens is 1. The van der Waals surface area contributed by atoms with Crippen LogP contribution in [0.2, 0.25) is 0 Å². The van der Waals surface area contributed by atoms with Crippen LogP contribution in [0.3, 0.4) is 0 Å². The van der Waals surface area contributed by atoms with Crippen molar-refractivity contribution in [3.8, 4) is 0 Å². The van der Waals surface area contributed by atoms with Gasteiger partial charge in [0.05, 0.1) is 21.1 Å². The van der Waals surface area contributed by atoms with Crippen LogP contribution in [0.15, 0.2) is 24.3 Å². The van der Waals surface area contributed by atoms with Crippen molar-refractivity contribution in [1.29, 1.82) is 0 Å². The topological polar surface area (TPSA) is 77.8 Å². The lowest BCUT2D eigenvalue weighted by Gasteiger charge is -2.35. The van der Waals surface area contributed by atoms with Crippen molar-refractivity contribution in [2.75, 3.05) is 27.7 Å². The van der Waals surface area contributed by atoms with Crippen LogP contribution < -0.4 is 0 Å². The number of rotatable bonds is 20. The van der Waals surface area contributed by atoms with Gasteiger partial charge in [-0.2, -0.15) is 0 Å². The minimum Gasteiger partial charge on any atom is -0.373 e. The van der Waals surface area contributed by atoms with Gasteiger partial charge < -0.3 is 19.4 Å². The molecule has 0 aliphatic carbocycles. The molecular formula is C25H51NO4P+. The molecule has 6 heteroatoms. The van der Waals surface area contributed by atoms with Crippen molar-refractivity contribution >= 4 is 7.60 Å². The first-order valence-electron chi connectivity index (χ1n) is 12.4. The number of likely N-dealkylation sites (N-methyl/N-ethyl adjacent to an activating group) is 1. The fourth-order valence-corrected chi connectivity index (χ4v) is 4.81. The summed E-state index contributed by atoms with van der Waals surface area (Å²) in [4.78, 5) is 19.1. The maximum absolute atomic E-state index is 11.7. The summed E-state index contributed by atoms with van der Waals surface area (Å²) >= 11 is 0. The summed E-state index contributed by atoms with van der Waals surface area (Å²) in [6.45, 7) is 2.28. The van der Waals surface area contributed by atoms with E-state index in [-0.39, 0.29) is 13.0 Å². The Balaban J connectivity index is 3.75. The summed E-state index contributed by atoms with van der Waals surface area (Å²) in [5, 5.41) is 8.54. The van der Waals surface area contributed by atoms with Crippen LogP contribution >= 0.6 is 7.60 Å². The van der Waals surface area contributed by atoms with Crippen LogP contribution in [-0.4, -0.2) is 52.4 Å². The van der Waals surface area contributed by atoms with E-state index in [1.54, 1.807) is 0 Å². The number of allylic oxidation sites excluding steroid dienone is 4. The predicted octanol–water partition coefficient (Wildman–Crippen LogP) is 6.54. The molecule has 0 saturated heterocycles. The Morgan fingerprint density at radius 2 is 1.10 bits per heavy atom. The molecule has 0 radical (unpaired) electrons. The summed E-state index contributed by atoms with van der Waals surface area (Å²) < 4.78 is 12.1. The Morgan fingerprint density at radius 1 is 0.710 bits per heavy atom. The Kier molecular flexibility index (Phi) is 16.8. The maximum Gasteiger partial charge on any atom is 0.362 e. The van der Waals surface area contributed by atoms with Gasteiger partial charge in [0.2, 0.25) is 5.34 Å². The molecule has 31 heavy (non-hydrogen) atoms. The standard InChI is InChI=1S/C25H50NO4P/c1-5-6-7-8-9-10-11-12-13-14-15-16-17-18-19-20-21-22-23-25(27,31(28,29)30)24-26(2,3)4/h12-13,20-21,27H,5-11,14-19,22-24H2,1-4H3,(H-,28,29,30)/p+1/b13-12-,21-20-. The van der Waals surface area contributed by atoms with E-state index in [2.05, 4.69) is 25.2 Å². The first kappa shape index (κ1) is 30.6. The van der Waals surface area contributed by atoms with Gasteiger partial charge in [0.1, 0.15) is 6.54 Å². The highest BCUT2D eigenvalue weighted by Crippen LogP contribution is 2.52. The summed E-state index contributed by atoms with van der Waals surface area (Å²) in [5.41, 5.74) is 0. The number of nitrogens with zero attached hydrogens (tertiary/aromatic N) is 1. The Labute approximate surface area is 192 Å². The van der Waals surface area contributed by atoms with Crippen LogP contribution in [0.25, 0.3) is 0 Å². The largest absolute Gasteiger partial charge is 0.373 e. The molecule has 0 heterocycles. The van der Waals surface area contributed by atoms with Crippen molar-refractivity contribution in [2.24, 2.45) is 0 Å². The number of hydrogen-bond donors (Lipinski definition) is 3. The third-order valence-electron chi connectivity index (χ3n) is 5.53. The first-order valence-corrected chi connectivity index (χ1v) is 14.0. The van der Waals surface area contributed by atoms with Gasteiger partial charge in [-0.3, -0.25) is 4.57 Å². The molecule has 1 unspecified atom stereocenters. The number of unbranched alkanes of at least 4 members (excludes halogenated alkanes) is 11. The van der Waals surface area contributed by atoms with Gasteiger partial charge in [-0.15, -0.1) is 0 Å². The van der Waals surface area contributed by atoms with Crippen LogP contribution in [0.4, 0.5) is 0 Å². The molecule has 0 amide bonds. The van der Waals surface area contributed by atoms with E-state index >= 15 is 0 Å². The van der Waals surface area contributed by atoms with Crippen LogP contribution in [0.1, 0.15) is 103 Å². The zero-order valence-corrected chi connectivity index (χ0v) is 21.7. The molecule has 0 rings (SSSR count). The third kappa shape index (κ3) is 17.7. The highest BCUT2D eigenvalue weighted by molar-refractivity contribution is 7.53. The van der Waals surface area contributed by atoms with Crippen molar-refractivity contribution in [1.82, 2.24) is 0 Å². The third-order valence-corrected chi connectivity index (χ3v) is 6.98. The van der Waals surface area contributed by atoms with E-state index < -0.39 is 12.9 Å². The molecule has 184 valence electrons. The lowest BCUT2D eigenvalue weighted by Crippen LogP contribution is -2.49. The quantitative estimate of drug-likeness (QED) is 0.0834. The molecule has 0 aromatic carbocycles. The molecule has 0 fully saturated rings. The molecule has 0 aromatic heterocycles. The smallest absolute Gasteiger partial charge is 0.362 e. The van der Waals surface area contributed by atoms with E-state index in [9.17, 15) is 19.5 Å². The van der Waals surface area contributed by atoms with Crippen molar-refractivity contribution in [3.05, 3.63) is 24.3 Å². The summed E-state index contributed by atoms with van der Waals surface area (Å²) in [5.74, 6) is 0. The number of aliphatic hydroxyl groups is 1. The molecule has 0 bridgehead atoms. The highest BCUT2D eigenvalue weighted by atomic mass is 31.2. The Hall–Kier alpha value is -0.450. The molecule has 0 aromatic rings. The lowest BCUT2D eigenvalue weighted by atomic mass is 10.1. The van der Waals surface area contributed by atoms with E-state index in [1.807, 2.05) is 27.2 Å². The van der Waals surface area contributed by atoms with E-state index in [0.717, 1.165) is 12.8 Å². The minimum atomic E-state index is -4.58. The van der Waals surface area contributed by atoms with Crippen molar-refractivity contribution in [2.45, 2.75) is 109 Å². The van der Waals surface area contributed by atoms with Gasteiger partial charge >= 0.3 is 7.60 Å². The SMILES string of the molecule is CCCCCCCC/C=C\CCCCCC/C=C\CCC(O)(C[N+](C)(C)C)P(=O)(O)O. The van der Waals surface area contributed by atoms with E-state index in [4.69, 9.17) is 0 Å². The normalized spacial score (nSPS) is 15.2. The van der Waals surface area contributed by atoms with E-state index in [0.29, 0.717) is 10.9 Å². The molecule has 0 saturated carbocycles. The monoisotopic (exact) mass is 460 g/mol. The molecule has 0 spiro atoms. The van der Waals surface area contributed by atoms with Crippen LogP contribution in [0, 0.1) is 0 Å². The fourth-order valence-electron chi connectivity index (χ4n) is 3.78. The molecular weight excluding hydrogens is 409 g/mol. The summed E-state index contributed by atoms with van der Waals surface area (Å²) in [7, 11) is 0.888. The first-order chi connectivity index (χ1) is 14.5. The predicted molar refractivity (Wildman–Crippen MR) is 133 cm³/mol. The zero-order chi connectivity index (χ0) is 23.6. The Bertz CT molecular complexity index is 536. The van der Waals surface area contributed by atoms with Gasteiger partial charge in [0.25, 0.3) is 0 Å². The van der Waals surface area contributed by atoms with Gasteiger partial charge in [0.15, 0.2) is 0 Å². The molecule has 1 atom stereocenters. The summed E-state index contributed by atoms with van der Waals surface area (Å²) in [6.07, 6.45) is 25.7.